The molecule has 3 aromatic heterocycles. The fourth-order valence-corrected chi connectivity index (χ4v) is 5.79. The van der Waals surface area contributed by atoms with Crippen LogP contribution in [0.15, 0.2) is 48.9 Å². The van der Waals surface area contributed by atoms with Crippen LogP contribution in [0.25, 0.3) is 16.6 Å². The zero-order valence-corrected chi connectivity index (χ0v) is 19.8. The summed E-state index contributed by atoms with van der Waals surface area (Å²) >= 11 is 0. The Morgan fingerprint density at radius 3 is 2.62 bits per heavy atom. The van der Waals surface area contributed by atoms with Gasteiger partial charge in [-0.15, -0.1) is 0 Å². The maximum absolute atomic E-state index is 13.3. The molecule has 4 aromatic rings. The van der Waals surface area contributed by atoms with E-state index >= 15 is 0 Å². The van der Waals surface area contributed by atoms with Gasteiger partial charge in [-0.25, -0.2) is 14.5 Å². The average molecular weight is 504 g/mol. The van der Waals surface area contributed by atoms with Gasteiger partial charge in [-0.05, 0) is 36.2 Å². The van der Waals surface area contributed by atoms with E-state index in [1.54, 1.807) is 41.0 Å². The third kappa shape index (κ3) is 3.30. The second-order valence-electron chi connectivity index (χ2n) is 9.69. The molecule has 1 saturated heterocycles. The van der Waals surface area contributed by atoms with Gasteiger partial charge in [-0.3, -0.25) is 4.79 Å². The van der Waals surface area contributed by atoms with Crippen LogP contribution in [-0.2, 0) is 0 Å². The molecule has 0 spiro atoms. The predicted octanol–water partition coefficient (Wildman–Crippen LogP) is 3.24. The van der Waals surface area contributed by atoms with Crippen molar-refractivity contribution < 1.29 is 23.4 Å². The molecule has 1 N–H and O–H groups in total. The van der Waals surface area contributed by atoms with E-state index in [1.165, 1.54) is 6.07 Å². The maximum atomic E-state index is 13.3. The fourth-order valence-electron chi connectivity index (χ4n) is 5.79. The van der Waals surface area contributed by atoms with Crippen LogP contribution in [0, 0.1) is 0 Å². The Morgan fingerprint density at radius 2 is 1.89 bits per heavy atom. The lowest BCUT2D eigenvalue weighted by Gasteiger charge is -2.35. The minimum Gasteiger partial charge on any atom is -0.434 e. The molecule has 0 radical (unpaired) electrons. The first-order valence-corrected chi connectivity index (χ1v) is 12.0. The summed E-state index contributed by atoms with van der Waals surface area (Å²) in [5.41, 5.74) is 5.04. The number of alkyl halides is 2. The van der Waals surface area contributed by atoms with Crippen LogP contribution >= 0.6 is 0 Å². The van der Waals surface area contributed by atoms with E-state index in [2.05, 4.69) is 9.97 Å². The topological polar surface area (TPSA) is 96.1 Å². The van der Waals surface area contributed by atoms with Crippen LogP contribution < -0.4 is 9.64 Å². The third-order valence-corrected chi connectivity index (χ3v) is 7.59. The van der Waals surface area contributed by atoms with E-state index in [4.69, 9.17) is 9.84 Å². The first-order chi connectivity index (χ1) is 17.9. The highest BCUT2D eigenvalue weighted by Crippen LogP contribution is 2.53. The van der Waals surface area contributed by atoms with E-state index < -0.39 is 6.61 Å². The Morgan fingerprint density at radius 1 is 1.11 bits per heavy atom. The van der Waals surface area contributed by atoms with Crippen molar-refractivity contribution in [2.24, 2.45) is 0 Å². The highest BCUT2D eigenvalue weighted by atomic mass is 19.3. The number of carbonyl (C=O) groups excluding carboxylic acids is 1. The summed E-state index contributed by atoms with van der Waals surface area (Å²) in [5.74, 6) is 0.0188. The molecule has 0 saturated carbocycles. The van der Waals surface area contributed by atoms with Gasteiger partial charge in [0.05, 0.1) is 23.4 Å². The lowest BCUT2D eigenvalue weighted by molar-refractivity contribution is -0.0505. The van der Waals surface area contributed by atoms with Crippen molar-refractivity contribution in [1.82, 2.24) is 24.5 Å². The number of fused-ring (bicyclic) bond motifs is 9. The number of ether oxygens (including phenoxy) is 1. The standard InChI is InChI=1S/C26H22F2N6O3/c1-32-19-8-17(21-16(24(32)36)3-2-4-20(21)37-25(27)28)22-18-7-13(5-6-34(18)31-23(19)22)14-9-29-26(30-10-14)33-11-15(35)12-33/h2-7,9-10,15,17,19,25,35H,8,11-12H2,1H3. The van der Waals surface area contributed by atoms with Crippen molar-refractivity contribution in [3.05, 3.63) is 71.3 Å². The summed E-state index contributed by atoms with van der Waals surface area (Å²) in [6.07, 6.45) is 5.53. The first-order valence-electron chi connectivity index (χ1n) is 12.0. The minimum atomic E-state index is -3.00. The number of benzene rings is 1. The van der Waals surface area contributed by atoms with E-state index in [9.17, 15) is 18.7 Å². The number of anilines is 1. The third-order valence-electron chi connectivity index (χ3n) is 7.59. The van der Waals surface area contributed by atoms with Crippen LogP contribution in [0.1, 0.15) is 45.6 Å². The molecule has 37 heavy (non-hydrogen) atoms. The Bertz CT molecular complexity index is 1550. The molecule has 9 nitrogen and oxygen atoms in total. The molecule has 2 atom stereocenters. The number of β-amino-alcohol motifs (C(OH)–C–C–N with tert-alkyl or cyclic N) is 1. The van der Waals surface area contributed by atoms with Crippen molar-refractivity contribution in [3.8, 4) is 16.9 Å². The number of carbonyl (C=O) groups is 1. The van der Waals surface area contributed by atoms with Crippen molar-refractivity contribution in [1.29, 1.82) is 0 Å². The molecule has 188 valence electrons. The molecular formula is C26H22F2N6O3. The van der Waals surface area contributed by atoms with Gasteiger partial charge in [0.2, 0.25) is 5.95 Å². The average Bonchev–Trinajstić information content (AvgIpc) is 3.39. The molecule has 3 aliphatic rings. The number of nitrogens with zero attached hydrogens (tertiary/aromatic N) is 6. The molecule has 1 aliphatic carbocycles. The first kappa shape index (κ1) is 22.1. The number of halogens is 2. The van der Waals surface area contributed by atoms with Crippen molar-refractivity contribution in [3.63, 3.8) is 0 Å². The largest absolute Gasteiger partial charge is 0.434 e. The zero-order chi connectivity index (χ0) is 25.4. The van der Waals surface area contributed by atoms with Gasteiger partial charge in [0.1, 0.15) is 5.75 Å². The molecule has 2 unspecified atom stereocenters. The van der Waals surface area contributed by atoms with Crippen LogP contribution in [0.2, 0.25) is 0 Å². The molecule has 1 aromatic carbocycles. The van der Waals surface area contributed by atoms with Crippen LogP contribution in [0.4, 0.5) is 14.7 Å². The molecule has 2 aliphatic heterocycles. The Labute approximate surface area is 209 Å². The maximum Gasteiger partial charge on any atom is 0.387 e. The lowest BCUT2D eigenvalue weighted by Crippen LogP contribution is -2.51. The molecule has 1 fully saturated rings. The Kier molecular flexibility index (Phi) is 4.74. The molecule has 7 rings (SSSR count). The Balaban J connectivity index is 1.35. The van der Waals surface area contributed by atoms with Gasteiger partial charge in [-0.2, -0.15) is 13.9 Å². The number of aliphatic hydroxyl groups is 1. The molecule has 1 amide bonds. The highest BCUT2D eigenvalue weighted by molar-refractivity contribution is 5.98. The lowest BCUT2D eigenvalue weighted by atomic mass is 9.88. The quantitative estimate of drug-likeness (QED) is 0.456. The van der Waals surface area contributed by atoms with Gasteiger partial charge in [-0.1, -0.05) is 6.07 Å². The van der Waals surface area contributed by atoms with Crippen molar-refractivity contribution in [2.45, 2.75) is 31.1 Å². The van der Waals surface area contributed by atoms with Crippen LogP contribution in [-0.4, -0.2) is 68.3 Å². The summed E-state index contributed by atoms with van der Waals surface area (Å²) < 4.78 is 33.2. The van der Waals surface area contributed by atoms with E-state index in [1.807, 2.05) is 23.2 Å². The van der Waals surface area contributed by atoms with Gasteiger partial charge < -0.3 is 19.6 Å². The number of aromatic nitrogens is 4. The van der Waals surface area contributed by atoms with Gasteiger partial charge in [0.25, 0.3) is 5.91 Å². The van der Waals surface area contributed by atoms with E-state index in [-0.39, 0.29) is 29.7 Å². The Hall–Kier alpha value is -4.12. The smallest absolute Gasteiger partial charge is 0.387 e. The van der Waals surface area contributed by atoms with Crippen LogP contribution in [0.5, 0.6) is 5.75 Å². The van der Waals surface area contributed by atoms with Crippen molar-refractivity contribution >= 4 is 17.4 Å². The predicted molar refractivity (Wildman–Crippen MR) is 129 cm³/mol. The number of amides is 1. The van der Waals surface area contributed by atoms with Crippen molar-refractivity contribution in [2.75, 3.05) is 25.0 Å². The monoisotopic (exact) mass is 504 g/mol. The van der Waals surface area contributed by atoms with Gasteiger partial charge in [0, 0.05) is 66.9 Å². The summed E-state index contributed by atoms with van der Waals surface area (Å²) in [4.78, 5) is 25.7. The SMILES string of the molecule is CN1C(=O)c2cccc(OC(F)F)c2C2CC1c1nn3ccc(-c4cnc(N5CC(O)C5)nc4)cc3c12. The second kappa shape index (κ2) is 7.94. The minimum absolute atomic E-state index is 0.0170. The van der Waals surface area contributed by atoms with Crippen LogP contribution in [0.3, 0.4) is 0 Å². The number of pyridine rings is 1. The molecule has 11 heteroatoms. The van der Waals surface area contributed by atoms with E-state index in [0.29, 0.717) is 36.6 Å². The van der Waals surface area contributed by atoms with E-state index in [0.717, 1.165) is 27.9 Å². The number of hydrogen-bond acceptors (Lipinski definition) is 7. The number of hydrogen-bond donors (Lipinski definition) is 1. The van der Waals surface area contributed by atoms with Gasteiger partial charge in [0.15, 0.2) is 0 Å². The molecular weight excluding hydrogens is 482 g/mol. The summed E-state index contributed by atoms with van der Waals surface area (Å²) in [7, 11) is 1.72. The number of aliphatic hydroxyl groups excluding tert-OH is 1. The summed E-state index contributed by atoms with van der Waals surface area (Å²) in [6.45, 7) is -1.96. The molecule has 2 bridgehead atoms. The normalized spacial score (nSPS) is 20.7. The number of rotatable bonds is 4. The summed E-state index contributed by atoms with van der Waals surface area (Å²) in [6, 6.07) is 8.35. The summed E-state index contributed by atoms with van der Waals surface area (Å²) in [5, 5.41) is 14.3. The van der Waals surface area contributed by atoms with Gasteiger partial charge >= 0.3 is 6.61 Å². The highest BCUT2D eigenvalue weighted by Gasteiger charge is 2.46. The second-order valence-corrected chi connectivity index (χ2v) is 9.69. The zero-order valence-electron chi connectivity index (χ0n) is 19.8. The fraction of sp³-hybridized carbons (Fsp3) is 0.308. The molecule has 5 heterocycles.